The van der Waals surface area contributed by atoms with Crippen molar-refractivity contribution in [2.75, 3.05) is 42.3 Å². The van der Waals surface area contributed by atoms with Crippen molar-refractivity contribution in [3.63, 3.8) is 0 Å². The Labute approximate surface area is 198 Å². The molecule has 1 saturated heterocycles. The highest BCUT2D eigenvalue weighted by Gasteiger charge is 2.22. The van der Waals surface area contributed by atoms with E-state index < -0.39 is 11.6 Å². The molecule has 1 aliphatic rings. The number of morpholine rings is 1. The lowest BCUT2D eigenvalue weighted by molar-refractivity contribution is -0.113. The first kappa shape index (κ1) is 23.6. The van der Waals surface area contributed by atoms with Gasteiger partial charge in [-0.1, -0.05) is 25.6 Å². The number of rotatable bonds is 8. The summed E-state index contributed by atoms with van der Waals surface area (Å²) in [7, 11) is 0. The summed E-state index contributed by atoms with van der Waals surface area (Å²) < 4.78 is 34.9. The zero-order valence-electron chi connectivity index (χ0n) is 18.3. The normalized spacial score (nSPS) is 14.2. The van der Waals surface area contributed by atoms with Gasteiger partial charge in [-0.25, -0.2) is 13.8 Å². The number of benzene rings is 1. The van der Waals surface area contributed by atoms with Gasteiger partial charge >= 0.3 is 0 Å². The lowest BCUT2D eigenvalue weighted by Crippen LogP contribution is -2.38. The summed E-state index contributed by atoms with van der Waals surface area (Å²) in [5.74, 6) is -0.114. The second-order valence-corrected chi connectivity index (χ2v) is 9.69. The number of anilines is 2. The zero-order chi connectivity index (χ0) is 23.4. The molecule has 33 heavy (non-hydrogen) atoms. The second-order valence-electron chi connectivity index (χ2n) is 7.89. The van der Waals surface area contributed by atoms with E-state index in [4.69, 9.17) is 4.74 Å². The highest BCUT2D eigenvalue weighted by atomic mass is 32.2. The highest BCUT2D eigenvalue weighted by Crippen LogP contribution is 2.28. The van der Waals surface area contributed by atoms with Crippen molar-refractivity contribution < 1.29 is 18.3 Å². The summed E-state index contributed by atoms with van der Waals surface area (Å²) in [6, 6.07) is 3.18. The maximum atomic E-state index is 14.0. The Morgan fingerprint density at radius 3 is 2.82 bits per heavy atom. The van der Waals surface area contributed by atoms with E-state index in [1.807, 2.05) is 4.57 Å². The summed E-state index contributed by atoms with van der Waals surface area (Å²) in [6.07, 6.45) is 0. The molecule has 0 atom stereocenters. The molecule has 1 N–H and O–H groups in total. The monoisotopic (exact) mass is 494 g/mol. The van der Waals surface area contributed by atoms with Gasteiger partial charge in [0.15, 0.2) is 10.3 Å². The van der Waals surface area contributed by atoms with E-state index in [2.05, 4.69) is 39.2 Å². The van der Waals surface area contributed by atoms with Crippen LogP contribution in [0.3, 0.4) is 0 Å². The molecule has 12 heteroatoms. The lowest BCUT2D eigenvalue weighted by atomic mass is 10.1. The minimum Gasteiger partial charge on any atom is -0.378 e. The summed E-state index contributed by atoms with van der Waals surface area (Å²) in [4.78, 5) is 18.9. The topological polar surface area (TPSA) is 85.2 Å². The van der Waals surface area contributed by atoms with Crippen molar-refractivity contribution in [3.8, 4) is 11.3 Å². The minimum atomic E-state index is -0.573. The van der Waals surface area contributed by atoms with Crippen LogP contribution in [0.5, 0.6) is 0 Å². The van der Waals surface area contributed by atoms with E-state index in [-0.39, 0.29) is 22.9 Å². The second kappa shape index (κ2) is 10.6. The summed E-state index contributed by atoms with van der Waals surface area (Å²) in [6.45, 7) is 7.76. The quantitative estimate of drug-likeness (QED) is 0.476. The fourth-order valence-corrected chi connectivity index (χ4v) is 4.81. The van der Waals surface area contributed by atoms with Crippen LogP contribution >= 0.6 is 23.1 Å². The van der Waals surface area contributed by atoms with E-state index in [1.54, 1.807) is 5.38 Å². The van der Waals surface area contributed by atoms with Crippen molar-refractivity contribution in [1.82, 2.24) is 19.7 Å². The van der Waals surface area contributed by atoms with Crippen LogP contribution in [0.2, 0.25) is 0 Å². The number of halogens is 2. The average molecular weight is 495 g/mol. The maximum absolute atomic E-state index is 14.0. The van der Waals surface area contributed by atoms with Gasteiger partial charge < -0.3 is 15.0 Å². The molecular weight excluding hydrogens is 470 g/mol. The Hall–Kier alpha value is -2.57. The first-order valence-corrected chi connectivity index (χ1v) is 12.4. The largest absolute Gasteiger partial charge is 0.378 e. The number of ether oxygens (including phenoxy) is 1. The van der Waals surface area contributed by atoms with Crippen molar-refractivity contribution in [2.24, 2.45) is 5.92 Å². The van der Waals surface area contributed by atoms with Crippen LogP contribution in [0, 0.1) is 17.6 Å². The number of amides is 1. The Kier molecular flexibility index (Phi) is 7.56. The molecule has 1 aliphatic heterocycles. The predicted molar refractivity (Wildman–Crippen MR) is 125 cm³/mol. The first-order valence-electron chi connectivity index (χ1n) is 10.5. The van der Waals surface area contributed by atoms with Crippen molar-refractivity contribution in [2.45, 2.75) is 25.5 Å². The molecule has 0 radical (unpaired) electrons. The molecule has 8 nitrogen and oxygen atoms in total. The molecule has 3 heterocycles. The lowest BCUT2D eigenvalue weighted by Gasteiger charge is -2.28. The third kappa shape index (κ3) is 5.87. The Balaban J connectivity index is 1.40. The number of thiazole rings is 1. The molecule has 0 bridgehead atoms. The van der Waals surface area contributed by atoms with E-state index in [0.717, 1.165) is 55.1 Å². The summed E-state index contributed by atoms with van der Waals surface area (Å²) >= 11 is 2.45. The van der Waals surface area contributed by atoms with Gasteiger partial charge in [0.1, 0.15) is 11.6 Å². The molecule has 1 amide bonds. The first-order chi connectivity index (χ1) is 15.9. The molecule has 4 rings (SSSR count). The van der Waals surface area contributed by atoms with Crippen molar-refractivity contribution >= 4 is 40.1 Å². The smallest absolute Gasteiger partial charge is 0.236 e. The molecule has 0 unspecified atom stereocenters. The number of carbonyl (C=O) groups is 1. The summed E-state index contributed by atoms with van der Waals surface area (Å²) in [5.41, 5.74) is 0.324. The van der Waals surface area contributed by atoms with Crippen LogP contribution < -0.4 is 10.2 Å². The number of aromatic nitrogens is 4. The molecule has 0 aliphatic carbocycles. The minimum absolute atomic E-state index is 0.0542. The molecule has 1 fully saturated rings. The third-order valence-electron chi connectivity index (χ3n) is 4.83. The Morgan fingerprint density at radius 2 is 2.06 bits per heavy atom. The van der Waals surface area contributed by atoms with Gasteiger partial charge in [-0.15, -0.1) is 21.5 Å². The average Bonchev–Trinajstić information content (AvgIpc) is 3.41. The van der Waals surface area contributed by atoms with E-state index >= 15 is 0 Å². The Morgan fingerprint density at radius 1 is 1.27 bits per heavy atom. The number of nitrogens with one attached hydrogen (secondary N) is 1. The fourth-order valence-electron chi connectivity index (χ4n) is 3.34. The number of thioether (sulfide) groups is 1. The van der Waals surface area contributed by atoms with Gasteiger partial charge in [-0.3, -0.25) is 9.36 Å². The van der Waals surface area contributed by atoms with Crippen molar-refractivity contribution in [1.29, 1.82) is 0 Å². The summed E-state index contributed by atoms with van der Waals surface area (Å²) in [5, 5.41) is 13.9. The SMILES string of the molecule is CC(C)Cn1c(SCC(=O)Nc2nc(-c3cc(F)ccc3F)cs2)nnc1N1CCOCC1. The van der Waals surface area contributed by atoms with Crippen molar-refractivity contribution in [3.05, 3.63) is 35.2 Å². The fraction of sp³-hybridized carbons (Fsp3) is 0.429. The van der Waals surface area contributed by atoms with Crippen LogP contribution in [0.1, 0.15) is 13.8 Å². The standard InChI is InChI=1S/C21H24F2N6O2S2/c1-13(2)10-29-20(28-5-7-31-8-6-28)26-27-21(29)33-12-18(30)25-19-24-17(11-32-19)15-9-14(22)3-4-16(15)23/h3-4,9,11,13H,5-8,10,12H2,1-2H3,(H,24,25,30). The Bertz CT molecular complexity index is 1110. The van der Waals surface area contributed by atoms with Crippen LogP contribution in [0.15, 0.2) is 28.7 Å². The van der Waals surface area contributed by atoms with Gasteiger partial charge in [0.25, 0.3) is 0 Å². The van der Waals surface area contributed by atoms with Gasteiger partial charge in [0, 0.05) is 30.6 Å². The molecular formula is C21H24F2N6O2S2. The molecule has 3 aromatic rings. The van der Waals surface area contributed by atoms with Gasteiger partial charge in [0.05, 0.1) is 24.7 Å². The molecule has 1 aromatic carbocycles. The number of carbonyl (C=O) groups excluding carboxylic acids is 1. The van der Waals surface area contributed by atoms with Gasteiger partial charge in [0.2, 0.25) is 11.9 Å². The third-order valence-corrected chi connectivity index (χ3v) is 6.55. The molecule has 176 valence electrons. The number of hydrogen-bond donors (Lipinski definition) is 1. The van der Waals surface area contributed by atoms with Crippen LogP contribution in [-0.2, 0) is 16.1 Å². The molecule has 0 saturated carbocycles. The van der Waals surface area contributed by atoms with Crippen LogP contribution in [0.25, 0.3) is 11.3 Å². The highest BCUT2D eigenvalue weighted by molar-refractivity contribution is 7.99. The van der Waals surface area contributed by atoms with Gasteiger partial charge in [-0.2, -0.15) is 0 Å². The van der Waals surface area contributed by atoms with E-state index in [1.165, 1.54) is 11.8 Å². The van der Waals surface area contributed by atoms with Crippen LogP contribution in [0.4, 0.5) is 19.9 Å². The van der Waals surface area contributed by atoms with E-state index in [0.29, 0.717) is 29.4 Å². The van der Waals surface area contributed by atoms with E-state index in [9.17, 15) is 13.6 Å². The van der Waals surface area contributed by atoms with Gasteiger partial charge in [-0.05, 0) is 24.1 Å². The maximum Gasteiger partial charge on any atom is 0.236 e. The number of nitrogens with zero attached hydrogens (tertiary/aromatic N) is 5. The number of hydrogen-bond acceptors (Lipinski definition) is 8. The zero-order valence-corrected chi connectivity index (χ0v) is 19.9. The molecule has 0 spiro atoms. The predicted octanol–water partition coefficient (Wildman–Crippen LogP) is 3.90. The van der Waals surface area contributed by atoms with Crippen LogP contribution in [-0.4, -0.2) is 57.7 Å². The molecule has 2 aromatic heterocycles.